The second-order valence-corrected chi connectivity index (χ2v) is 3.54. The summed E-state index contributed by atoms with van der Waals surface area (Å²) in [6.07, 6.45) is 3.30. The molecule has 0 aliphatic carbocycles. The number of hydrogen-bond acceptors (Lipinski definition) is 2. The molecule has 0 unspecified atom stereocenters. The Morgan fingerprint density at radius 1 is 1.38 bits per heavy atom. The number of rotatable bonds is 4. The lowest BCUT2D eigenvalue weighted by Gasteiger charge is -2.15. The molecule has 1 rings (SSSR count). The normalized spacial score (nSPS) is 10.4. The maximum Gasteiger partial charge on any atom is 0.246 e. The summed E-state index contributed by atoms with van der Waals surface area (Å²) in [7, 11) is 3.42. The van der Waals surface area contributed by atoms with Crippen LogP contribution in [0.25, 0.3) is 0 Å². The molecular weight excluding hydrogens is 202 g/mol. The van der Waals surface area contributed by atoms with Gasteiger partial charge in [-0.05, 0) is 30.7 Å². The van der Waals surface area contributed by atoms with E-state index in [-0.39, 0.29) is 5.91 Å². The summed E-state index contributed by atoms with van der Waals surface area (Å²) >= 11 is 0. The quantitative estimate of drug-likeness (QED) is 0.727. The van der Waals surface area contributed by atoms with E-state index in [1.54, 1.807) is 31.2 Å². The van der Waals surface area contributed by atoms with Gasteiger partial charge in [0.15, 0.2) is 0 Å². The highest BCUT2D eigenvalue weighted by Gasteiger charge is 2.05. The molecule has 0 heterocycles. The van der Waals surface area contributed by atoms with E-state index in [1.807, 2.05) is 31.2 Å². The minimum absolute atomic E-state index is 0.0123. The predicted octanol–water partition coefficient (Wildman–Crippen LogP) is 2.23. The van der Waals surface area contributed by atoms with Crippen molar-refractivity contribution in [2.75, 3.05) is 14.2 Å². The highest BCUT2D eigenvalue weighted by atomic mass is 16.5. The number of amides is 1. The number of nitrogens with zero attached hydrogens (tertiary/aromatic N) is 1. The fourth-order valence-electron chi connectivity index (χ4n) is 1.35. The van der Waals surface area contributed by atoms with Crippen molar-refractivity contribution in [2.45, 2.75) is 13.5 Å². The van der Waals surface area contributed by atoms with Crippen LogP contribution in [0.5, 0.6) is 5.75 Å². The van der Waals surface area contributed by atoms with Gasteiger partial charge in [-0.3, -0.25) is 4.79 Å². The summed E-state index contributed by atoms with van der Waals surface area (Å²) in [6.45, 7) is 2.44. The molecule has 0 saturated carbocycles. The summed E-state index contributed by atoms with van der Waals surface area (Å²) < 4.78 is 5.07. The van der Waals surface area contributed by atoms with E-state index < -0.39 is 0 Å². The summed E-state index contributed by atoms with van der Waals surface area (Å²) in [5, 5.41) is 0. The molecule has 0 fully saturated rings. The molecule has 0 saturated heterocycles. The van der Waals surface area contributed by atoms with Crippen LogP contribution in [0, 0.1) is 0 Å². The lowest BCUT2D eigenvalue weighted by molar-refractivity contribution is -0.125. The Labute approximate surface area is 96.3 Å². The summed E-state index contributed by atoms with van der Waals surface area (Å²) in [5.41, 5.74) is 1.08. The van der Waals surface area contributed by atoms with Crippen molar-refractivity contribution in [3.63, 3.8) is 0 Å². The lowest BCUT2D eigenvalue weighted by Crippen LogP contribution is -2.23. The molecule has 3 nitrogen and oxygen atoms in total. The van der Waals surface area contributed by atoms with Gasteiger partial charge >= 0.3 is 0 Å². The number of benzene rings is 1. The maximum atomic E-state index is 11.5. The molecule has 0 aliphatic heterocycles. The Bertz CT molecular complexity index is 368. The van der Waals surface area contributed by atoms with Crippen molar-refractivity contribution < 1.29 is 9.53 Å². The van der Waals surface area contributed by atoms with Crippen molar-refractivity contribution in [3.05, 3.63) is 42.0 Å². The summed E-state index contributed by atoms with van der Waals surface area (Å²) in [4.78, 5) is 13.2. The fraction of sp³-hybridized carbons (Fsp3) is 0.308. The number of likely N-dealkylation sites (N-methyl/N-ethyl adjacent to an activating group) is 1. The second-order valence-electron chi connectivity index (χ2n) is 3.54. The summed E-state index contributed by atoms with van der Waals surface area (Å²) in [6, 6.07) is 7.70. The molecule has 1 amide bonds. The number of ether oxygens (including phenoxy) is 1. The first-order chi connectivity index (χ1) is 7.67. The van der Waals surface area contributed by atoms with Crippen LogP contribution < -0.4 is 4.74 Å². The van der Waals surface area contributed by atoms with Crippen LogP contribution in [0.1, 0.15) is 12.5 Å². The third-order valence-corrected chi connectivity index (χ3v) is 2.26. The van der Waals surface area contributed by atoms with E-state index in [4.69, 9.17) is 4.74 Å². The van der Waals surface area contributed by atoms with Gasteiger partial charge in [0, 0.05) is 13.6 Å². The van der Waals surface area contributed by atoms with Crippen LogP contribution in [0.2, 0.25) is 0 Å². The number of carbonyl (C=O) groups excluding carboxylic acids is 1. The van der Waals surface area contributed by atoms with Crippen LogP contribution in [0.3, 0.4) is 0 Å². The first-order valence-electron chi connectivity index (χ1n) is 5.18. The third kappa shape index (κ3) is 3.42. The summed E-state index contributed by atoms with van der Waals surface area (Å²) in [5.74, 6) is 0.838. The molecular formula is C13H17NO2. The zero-order chi connectivity index (χ0) is 12.0. The van der Waals surface area contributed by atoms with E-state index in [1.165, 1.54) is 0 Å². The van der Waals surface area contributed by atoms with Gasteiger partial charge in [-0.2, -0.15) is 0 Å². The van der Waals surface area contributed by atoms with E-state index in [0.717, 1.165) is 11.3 Å². The molecule has 16 heavy (non-hydrogen) atoms. The molecule has 0 radical (unpaired) electrons. The SMILES string of the molecule is CC=CC(=O)N(C)Cc1ccc(OC)cc1. The van der Waals surface area contributed by atoms with Gasteiger partial charge in [-0.15, -0.1) is 0 Å². The predicted molar refractivity (Wildman–Crippen MR) is 64.3 cm³/mol. The van der Waals surface area contributed by atoms with Crippen LogP contribution in [0.4, 0.5) is 0 Å². The Hall–Kier alpha value is -1.77. The molecule has 0 aromatic heterocycles. The molecule has 0 N–H and O–H groups in total. The van der Waals surface area contributed by atoms with Gasteiger partial charge in [0.2, 0.25) is 5.91 Å². The average Bonchev–Trinajstić information content (AvgIpc) is 2.30. The number of methoxy groups -OCH3 is 1. The minimum Gasteiger partial charge on any atom is -0.497 e. The molecule has 3 heteroatoms. The van der Waals surface area contributed by atoms with Crippen molar-refractivity contribution in [3.8, 4) is 5.75 Å². The zero-order valence-corrected chi connectivity index (χ0v) is 9.93. The van der Waals surface area contributed by atoms with Gasteiger partial charge < -0.3 is 9.64 Å². The Balaban J connectivity index is 2.62. The highest BCUT2D eigenvalue weighted by Crippen LogP contribution is 2.12. The Kier molecular flexibility index (Phi) is 4.58. The van der Waals surface area contributed by atoms with Crippen molar-refractivity contribution >= 4 is 5.91 Å². The molecule has 0 aliphatic rings. The number of hydrogen-bond donors (Lipinski definition) is 0. The minimum atomic E-state index is 0.0123. The first-order valence-corrected chi connectivity index (χ1v) is 5.18. The van der Waals surface area contributed by atoms with Gasteiger partial charge in [0.25, 0.3) is 0 Å². The maximum absolute atomic E-state index is 11.5. The topological polar surface area (TPSA) is 29.5 Å². The van der Waals surface area contributed by atoms with E-state index in [0.29, 0.717) is 6.54 Å². The van der Waals surface area contributed by atoms with E-state index in [9.17, 15) is 4.79 Å². The second kappa shape index (κ2) is 5.95. The molecule has 1 aromatic rings. The van der Waals surface area contributed by atoms with Crippen molar-refractivity contribution in [2.24, 2.45) is 0 Å². The fourth-order valence-corrected chi connectivity index (χ4v) is 1.35. The van der Waals surface area contributed by atoms with Crippen molar-refractivity contribution in [1.29, 1.82) is 0 Å². The van der Waals surface area contributed by atoms with Crippen LogP contribution >= 0.6 is 0 Å². The zero-order valence-electron chi connectivity index (χ0n) is 9.93. The number of carbonyl (C=O) groups is 1. The third-order valence-electron chi connectivity index (χ3n) is 2.26. The first kappa shape index (κ1) is 12.3. The van der Waals surface area contributed by atoms with Gasteiger partial charge in [-0.25, -0.2) is 0 Å². The molecule has 0 spiro atoms. The van der Waals surface area contributed by atoms with Crippen LogP contribution in [-0.4, -0.2) is 25.0 Å². The Morgan fingerprint density at radius 3 is 2.50 bits per heavy atom. The van der Waals surface area contributed by atoms with E-state index >= 15 is 0 Å². The monoisotopic (exact) mass is 219 g/mol. The van der Waals surface area contributed by atoms with Gasteiger partial charge in [0.1, 0.15) is 5.75 Å². The standard InChI is InChI=1S/C13H17NO2/c1-4-5-13(15)14(2)10-11-6-8-12(16-3)9-7-11/h4-9H,10H2,1-3H3. The molecule has 86 valence electrons. The highest BCUT2D eigenvalue weighted by molar-refractivity contribution is 5.87. The van der Waals surface area contributed by atoms with Crippen LogP contribution in [0.15, 0.2) is 36.4 Å². The largest absolute Gasteiger partial charge is 0.497 e. The van der Waals surface area contributed by atoms with E-state index in [2.05, 4.69) is 0 Å². The van der Waals surface area contributed by atoms with Gasteiger partial charge in [0.05, 0.1) is 7.11 Å². The van der Waals surface area contributed by atoms with Crippen LogP contribution in [-0.2, 0) is 11.3 Å². The van der Waals surface area contributed by atoms with Gasteiger partial charge in [-0.1, -0.05) is 18.2 Å². The molecule has 1 aromatic carbocycles. The Morgan fingerprint density at radius 2 is 2.00 bits per heavy atom. The lowest BCUT2D eigenvalue weighted by atomic mass is 10.2. The molecule has 0 bridgehead atoms. The molecule has 0 atom stereocenters. The van der Waals surface area contributed by atoms with Crippen molar-refractivity contribution in [1.82, 2.24) is 4.90 Å². The smallest absolute Gasteiger partial charge is 0.246 e. The number of allylic oxidation sites excluding steroid dienone is 1. The average molecular weight is 219 g/mol.